The lowest BCUT2D eigenvalue weighted by Gasteiger charge is -1.92. The molecule has 0 atom stereocenters. The molecule has 0 radical (unpaired) electrons. The molecule has 0 aromatic carbocycles. The summed E-state index contributed by atoms with van der Waals surface area (Å²) in [4.78, 5) is 14.4. The third kappa shape index (κ3) is 3.36. The van der Waals surface area contributed by atoms with Gasteiger partial charge in [0, 0.05) is 6.08 Å². The van der Waals surface area contributed by atoms with Gasteiger partial charge in [-0.3, -0.25) is 4.79 Å². The van der Waals surface area contributed by atoms with Gasteiger partial charge < -0.3 is 4.84 Å². The first-order chi connectivity index (χ1) is 3.66. The molecule has 3 nitrogen and oxygen atoms in total. The van der Waals surface area contributed by atoms with E-state index in [1.165, 1.54) is 13.0 Å². The minimum atomic E-state index is -0.0621. The van der Waals surface area contributed by atoms with Crippen LogP contribution in [0.2, 0.25) is 0 Å². The minimum absolute atomic E-state index is 0.0621. The molecule has 0 rings (SSSR count). The van der Waals surface area contributed by atoms with Crippen LogP contribution in [0.1, 0.15) is 13.8 Å². The van der Waals surface area contributed by atoms with Gasteiger partial charge in [0.25, 0.3) is 0 Å². The molecule has 0 bridgehead atoms. The van der Waals surface area contributed by atoms with Crippen LogP contribution in [0.3, 0.4) is 0 Å². The number of rotatable bonds is 2. The number of ketones is 1. The standard InChI is InChI=1S/C5H9NO2/c1-4(7)3-5(2)8-6/h3H,6H2,1-2H3/b5-3-. The van der Waals surface area contributed by atoms with E-state index in [1.807, 2.05) is 0 Å². The number of nitrogens with two attached hydrogens (primary N) is 1. The highest BCUT2D eigenvalue weighted by Gasteiger charge is 1.87. The Bertz CT molecular complexity index is 118. The molecule has 0 unspecified atom stereocenters. The summed E-state index contributed by atoms with van der Waals surface area (Å²) in [6, 6.07) is 0. The lowest BCUT2D eigenvalue weighted by molar-refractivity contribution is -0.112. The maximum absolute atomic E-state index is 10.2. The molecule has 0 aliphatic rings. The summed E-state index contributed by atoms with van der Waals surface area (Å²) in [5.41, 5.74) is 0. The van der Waals surface area contributed by atoms with Crippen molar-refractivity contribution in [1.29, 1.82) is 0 Å². The van der Waals surface area contributed by atoms with E-state index in [2.05, 4.69) is 4.84 Å². The summed E-state index contributed by atoms with van der Waals surface area (Å²) >= 11 is 0. The second-order valence-electron chi connectivity index (χ2n) is 1.48. The molecule has 3 heteroatoms. The van der Waals surface area contributed by atoms with Crippen LogP contribution in [0.5, 0.6) is 0 Å². The van der Waals surface area contributed by atoms with E-state index >= 15 is 0 Å². The quantitative estimate of drug-likeness (QED) is 0.321. The van der Waals surface area contributed by atoms with Gasteiger partial charge in [-0.15, -0.1) is 0 Å². The van der Waals surface area contributed by atoms with E-state index in [1.54, 1.807) is 6.92 Å². The molecule has 0 saturated heterocycles. The van der Waals surface area contributed by atoms with Gasteiger partial charge in [-0.25, -0.2) is 0 Å². The molecule has 2 N–H and O–H groups in total. The summed E-state index contributed by atoms with van der Waals surface area (Å²) in [6.07, 6.45) is 1.32. The van der Waals surface area contributed by atoms with Gasteiger partial charge in [-0.2, -0.15) is 5.90 Å². The number of hydrogen-bond acceptors (Lipinski definition) is 3. The predicted molar refractivity (Wildman–Crippen MR) is 29.7 cm³/mol. The van der Waals surface area contributed by atoms with Crippen LogP contribution >= 0.6 is 0 Å². The number of allylic oxidation sites excluding steroid dienone is 2. The van der Waals surface area contributed by atoms with E-state index in [9.17, 15) is 4.79 Å². The van der Waals surface area contributed by atoms with Crippen LogP contribution in [0.25, 0.3) is 0 Å². The average molecular weight is 115 g/mol. The number of hydrogen-bond donors (Lipinski definition) is 1. The van der Waals surface area contributed by atoms with Crippen molar-refractivity contribution in [3.63, 3.8) is 0 Å². The molecule has 0 spiro atoms. The van der Waals surface area contributed by atoms with Crippen molar-refractivity contribution < 1.29 is 9.63 Å². The Hall–Kier alpha value is -0.830. The molecule has 0 amide bonds. The molecule has 0 saturated carbocycles. The maximum Gasteiger partial charge on any atom is 0.156 e. The van der Waals surface area contributed by atoms with Crippen LogP contribution in [-0.4, -0.2) is 5.78 Å². The third-order valence-electron chi connectivity index (χ3n) is 0.592. The Morgan fingerprint density at radius 3 is 2.25 bits per heavy atom. The molecule has 0 aromatic heterocycles. The molecule has 8 heavy (non-hydrogen) atoms. The topological polar surface area (TPSA) is 52.3 Å². The highest BCUT2D eigenvalue weighted by atomic mass is 16.6. The number of carbonyl (C=O) groups excluding carboxylic acids is 1. The van der Waals surface area contributed by atoms with Crippen molar-refractivity contribution in [2.45, 2.75) is 13.8 Å². The summed E-state index contributed by atoms with van der Waals surface area (Å²) in [7, 11) is 0. The van der Waals surface area contributed by atoms with E-state index in [0.717, 1.165) is 0 Å². The fraction of sp³-hybridized carbons (Fsp3) is 0.400. The fourth-order valence-corrected chi connectivity index (χ4v) is 0.320. The van der Waals surface area contributed by atoms with Gasteiger partial charge in [-0.05, 0) is 13.8 Å². The van der Waals surface area contributed by atoms with Crippen molar-refractivity contribution in [3.05, 3.63) is 11.8 Å². The molecule has 0 fully saturated rings. The van der Waals surface area contributed by atoms with E-state index in [4.69, 9.17) is 5.90 Å². The van der Waals surface area contributed by atoms with Crippen molar-refractivity contribution >= 4 is 5.78 Å². The molecular formula is C5H9NO2. The van der Waals surface area contributed by atoms with Crippen molar-refractivity contribution in [1.82, 2.24) is 0 Å². The predicted octanol–water partition coefficient (Wildman–Crippen LogP) is 0.370. The Labute approximate surface area is 48.1 Å². The van der Waals surface area contributed by atoms with Crippen molar-refractivity contribution in [2.75, 3.05) is 0 Å². The largest absolute Gasteiger partial charge is 0.416 e. The van der Waals surface area contributed by atoms with Crippen molar-refractivity contribution in [2.24, 2.45) is 5.90 Å². The van der Waals surface area contributed by atoms with Gasteiger partial charge in [0.15, 0.2) is 5.78 Å². The third-order valence-corrected chi connectivity index (χ3v) is 0.592. The SMILES string of the molecule is CC(=O)/C=C(/C)ON. The first-order valence-electron chi connectivity index (χ1n) is 2.22. The molecule has 0 aliphatic heterocycles. The highest BCUT2D eigenvalue weighted by molar-refractivity contribution is 5.87. The van der Waals surface area contributed by atoms with E-state index in [-0.39, 0.29) is 5.78 Å². The smallest absolute Gasteiger partial charge is 0.156 e. The Morgan fingerprint density at radius 1 is 1.62 bits per heavy atom. The molecule has 0 aliphatic carbocycles. The van der Waals surface area contributed by atoms with E-state index in [0.29, 0.717) is 5.76 Å². The second kappa shape index (κ2) is 3.21. The van der Waals surface area contributed by atoms with Gasteiger partial charge in [-0.1, -0.05) is 0 Å². The average Bonchev–Trinajstić information content (AvgIpc) is 1.65. The summed E-state index contributed by atoms with van der Waals surface area (Å²) in [6.45, 7) is 3.05. The maximum atomic E-state index is 10.2. The molecule has 0 heterocycles. The van der Waals surface area contributed by atoms with E-state index < -0.39 is 0 Å². The van der Waals surface area contributed by atoms with Crippen LogP contribution in [0.15, 0.2) is 11.8 Å². The fourth-order valence-electron chi connectivity index (χ4n) is 0.320. The summed E-state index contributed by atoms with van der Waals surface area (Å²) in [5.74, 6) is 5.07. The monoisotopic (exact) mass is 115 g/mol. The van der Waals surface area contributed by atoms with Crippen LogP contribution in [0, 0.1) is 0 Å². The first kappa shape index (κ1) is 7.17. The molecule has 0 aromatic rings. The van der Waals surface area contributed by atoms with Gasteiger partial charge in [0.2, 0.25) is 0 Å². The lowest BCUT2D eigenvalue weighted by Crippen LogP contribution is -1.97. The van der Waals surface area contributed by atoms with Gasteiger partial charge >= 0.3 is 0 Å². The van der Waals surface area contributed by atoms with Crippen molar-refractivity contribution in [3.8, 4) is 0 Å². The van der Waals surface area contributed by atoms with Gasteiger partial charge in [0.1, 0.15) is 5.76 Å². The minimum Gasteiger partial charge on any atom is -0.416 e. The normalized spacial score (nSPS) is 11.1. The zero-order valence-corrected chi connectivity index (χ0v) is 4.97. The Kier molecular flexibility index (Phi) is 2.88. The Balaban J connectivity index is 3.75. The summed E-state index contributed by atoms with van der Waals surface area (Å²) in [5, 5.41) is 0. The first-order valence-corrected chi connectivity index (χ1v) is 2.22. The second-order valence-corrected chi connectivity index (χ2v) is 1.48. The lowest BCUT2D eigenvalue weighted by atomic mass is 10.4. The molecule has 46 valence electrons. The highest BCUT2D eigenvalue weighted by Crippen LogP contribution is 1.88. The Morgan fingerprint density at radius 2 is 2.12 bits per heavy atom. The zero-order chi connectivity index (χ0) is 6.57. The zero-order valence-electron chi connectivity index (χ0n) is 4.97. The van der Waals surface area contributed by atoms with Crippen LogP contribution in [-0.2, 0) is 9.63 Å². The number of carbonyl (C=O) groups is 1. The van der Waals surface area contributed by atoms with Crippen LogP contribution in [0.4, 0.5) is 0 Å². The summed E-state index contributed by atoms with van der Waals surface area (Å²) < 4.78 is 0. The van der Waals surface area contributed by atoms with Gasteiger partial charge in [0.05, 0.1) is 0 Å². The van der Waals surface area contributed by atoms with Crippen LogP contribution < -0.4 is 5.90 Å². The molecular weight excluding hydrogens is 106 g/mol.